The molecular weight excluding hydrogens is 503 g/mol. The second-order valence-corrected chi connectivity index (χ2v) is 22.5. The Morgan fingerprint density at radius 1 is 0.906 bits per heavy atom. The van der Waals surface area contributed by atoms with E-state index in [0.717, 1.165) is 29.7 Å². The number of unbranched alkanes of at least 4 members (excludes halogenated alkanes) is 3. The van der Waals surface area contributed by atoms with Crippen LogP contribution in [0.4, 0.5) is 0 Å². The molecule has 1 heterocycles. The van der Waals surface area contributed by atoms with Crippen molar-refractivity contribution in [2.24, 2.45) is 5.92 Å². The van der Waals surface area contributed by atoms with Crippen LogP contribution in [0.25, 0.3) is 11.3 Å². The molecule has 0 bridgehead atoms. The average Bonchev–Trinajstić information content (AvgIpc) is 3.69. The second-order valence-electron chi connectivity index (χ2n) is 9.46. The second kappa shape index (κ2) is 12.7. The van der Waals surface area contributed by atoms with Gasteiger partial charge < -0.3 is 0 Å². The Labute approximate surface area is 198 Å². The molecule has 5 heteroatoms. The number of ether oxygens (including phenoxy) is 1. The molecule has 1 aromatic carbocycles. The van der Waals surface area contributed by atoms with Gasteiger partial charge in [0, 0.05) is 0 Å². The molecule has 0 atom stereocenters. The number of esters is 1. The number of benzene rings is 1. The molecule has 0 unspecified atom stereocenters. The number of hydrogen-bond donors (Lipinski definition) is 0. The zero-order valence-corrected chi connectivity index (χ0v) is 23.1. The van der Waals surface area contributed by atoms with Crippen molar-refractivity contribution in [1.29, 1.82) is 0 Å². The molecule has 0 N–H and O–H groups in total. The molecule has 0 amide bonds. The molecule has 0 radical (unpaired) electrons. The molecule has 1 fully saturated rings. The number of carbonyl (C=O) groups is 1. The van der Waals surface area contributed by atoms with Crippen LogP contribution in [0.15, 0.2) is 36.7 Å². The van der Waals surface area contributed by atoms with Crippen LogP contribution in [-0.2, 0) is 16.1 Å². The molecule has 174 valence electrons. The van der Waals surface area contributed by atoms with Crippen molar-refractivity contribution in [1.82, 2.24) is 9.97 Å². The first-order valence-corrected chi connectivity index (χ1v) is 20.2. The van der Waals surface area contributed by atoms with E-state index in [-0.39, 0.29) is 11.9 Å². The standard InChI is InChI=1S/C15H13N2O2.3C4H9.Sn/c18-15(13-5-6-13)19-10-11-1-3-12(4-2-11)14-9-16-7-8-17-14;3*1-3-4-2;/h1-4,8-9,13H,5-6,10H2;3*1,3-4H2,2H3;. The Hall–Kier alpha value is -1.43. The molecule has 3 rings (SSSR count). The van der Waals surface area contributed by atoms with Crippen LogP contribution in [0.1, 0.15) is 77.7 Å². The van der Waals surface area contributed by atoms with Gasteiger partial charge in [0.1, 0.15) is 0 Å². The third-order valence-corrected chi connectivity index (χ3v) is 21.8. The summed E-state index contributed by atoms with van der Waals surface area (Å²) in [5, 5.41) is 0. The average molecular weight is 543 g/mol. The van der Waals surface area contributed by atoms with Gasteiger partial charge in [0.2, 0.25) is 0 Å². The van der Waals surface area contributed by atoms with Gasteiger partial charge in [-0.25, -0.2) is 0 Å². The Morgan fingerprint density at radius 3 is 1.97 bits per heavy atom. The number of rotatable bonds is 14. The summed E-state index contributed by atoms with van der Waals surface area (Å²) in [6.45, 7) is 7.27. The summed E-state index contributed by atoms with van der Waals surface area (Å²) >= 11 is -2.52. The van der Waals surface area contributed by atoms with Crippen molar-refractivity contribution in [2.75, 3.05) is 0 Å². The Morgan fingerprint density at radius 2 is 1.50 bits per heavy atom. The van der Waals surface area contributed by atoms with Gasteiger partial charge in [-0.05, 0) is 12.8 Å². The Bertz CT molecular complexity index is 810. The molecule has 2 aromatic rings. The molecule has 1 aliphatic carbocycles. The number of aromatic nitrogens is 2. The minimum absolute atomic E-state index is 0.0560. The maximum atomic E-state index is 11.7. The van der Waals surface area contributed by atoms with Gasteiger partial charge in [-0.1, -0.05) is 0 Å². The topological polar surface area (TPSA) is 52.1 Å². The van der Waals surface area contributed by atoms with Crippen molar-refractivity contribution in [3.05, 3.63) is 42.2 Å². The van der Waals surface area contributed by atoms with Gasteiger partial charge in [-0.2, -0.15) is 0 Å². The van der Waals surface area contributed by atoms with Crippen molar-refractivity contribution >= 4 is 28.1 Å². The quantitative estimate of drug-likeness (QED) is 0.198. The van der Waals surface area contributed by atoms with Crippen molar-refractivity contribution in [3.8, 4) is 11.3 Å². The van der Waals surface area contributed by atoms with Crippen LogP contribution >= 0.6 is 0 Å². The number of nitrogens with zero attached hydrogens (tertiary/aromatic N) is 2. The van der Waals surface area contributed by atoms with E-state index >= 15 is 0 Å². The predicted molar refractivity (Wildman–Crippen MR) is 135 cm³/mol. The van der Waals surface area contributed by atoms with Crippen molar-refractivity contribution < 1.29 is 9.53 Å². The van der Waals surface area contributed by atoms with Crippen molar-refractivity contribution in [3.63, 3.8) is 0 Å². The fourth-order valence-electron chi connectivity index (χ4n) is 4.42. The number of carbonyl (C=O) groups excluding carboxylic acids is 1. The van der Waals surface area contributed by atoms with Gasteiger partial charge in [0.25, 0.3) is 0 Å². The van der Waals surface area contributed by atoms with Crippen LogP contribution in [0.5, 0.6) is 0 Å². The predicted octanol–water partition coefficient (Wildman–Crippen LogP) is 6.65. The zero-order valence-electron chi connectivity index (χ0n) is 20.2. The summed E-state index contributed by atoms with van der Waals surface area (Å²) in [7, 11) is 0. The molecular formula is C27H40N2O2Sn. The van der Waals surface area contributed by atoms with Crippen LogP contribution in [0.2, 0.25) is 13.3 Å². The van der Waals surface area contributed by atoms with E-state index in [1.165, 1.54) is 55.5 Å². The van der Waals surface area contributed by atoms with Gasteiger partial charge in [0.05, 0.1) is 0 Å². The third kappa shape index (κ3) is 7.03. The van der Waals surface area contributed by atoms with Crippen LogP contribution in [0.3, 0.4) is 0 Å². The van der Waals surface area contributed by atoms with Crippen LogP contribution in [0, 0.1) is 5.92 Å². The molecule has 0 spiro atoms. The van der Waals surface area contributed by atoms with Gasteiger partial charge >= 0.3 is 186 Å². The first-order chi connectivity index (χ1) is 15.6. The monoisotopic (exact) mass is 544 g/mol. The molecule has 0 aliphatic heterocycles. The fourth-order valence-corrected chi connectivity index (χ4v) is 19.5. The van der Waals surface area contributed by atoms with Crippen LogP contribution < -0.4 is 3.71 Å². The van der Waals surface area contributed by atoms with Gasteiger partial charge in [0.15, 0.2) is 0 Å². The summed E-state index contributed by atoms with van der Waals surface area (Å²) in [6.07, 6.45) is 13.9. The maximum absolute atomic E-state index is 11.7. The van der Waals surface area contributed by atoms with Gasteiger partial charge in [-0.3, -0.25) is 0 Å². The normalized spacial score (nSPS) is 13.8. The van der Waals surface area contributed by atoms with E-state index in [2.05, 4.69) is 39.1 Å². The summed E-state index contributed by atoms with van der Waals surface area (Å²) in [5.41, 5.74) is 3.01. The van der Waals surface area contributed by atoms with E-state index in [4.69, 9.17) is 14.7 Å². The van der Waals surface area contributed by atoms with E-state index < -0.39 is 18.4 Å². The molecule has 1 aliphatic rings. The SMILES string of the molecule is CCC[CH2][Sn]([CH2]CCC)([CH2]CCC)[c]1cnc(-c2ccc(COC(=O)C3CC3)cc2)cn1. The molecule has 32 heavy (non-hydrogen) atoms. The summed E-state index contributed by atoms with van der Waals surface area (Å²) in [5.74, 6) is 0.0899. The number of hydrogen-bond acceptors (Lipinski definition) is 4. The Kier molecular flexibility index (Phi) is 10.0. The van der Waals surface area contributed by atoms with E-state index in [9.17, 15) is 4.79 Å². The zero-order chi connectivity index (χ0) is 22.8. The van der Waals surface area contributed by atoms with Gasteiger partial charge in [-0.15, -0.1) is 0 Å². The molecule has 1 aromatic heterocycles. The first-order valence-electron chi connectivity index (χ1n) is 12.7. The van der Waals surface area contributed by atoms with Crippen LogP contribution in [-0.4, -0.2) is 34.3 Å². The third-order valence-electron chi connectivity index (χ3n) is 6.76. The molecule has 1 saturated carbocycles. The van der Waals surface area contributed by atoms with E-state index in [1.54, 1.807) is 0 Å². The summed E-state index contributed by atoms with van der Waals surface area (Å²) in [4.78, 5) is 21.7. The van der Waals surface area contributed by atoms with E-state index in [0.29, 0.717) is 6.61 Å². The summed E-state index contributed by atoms with van der Waals surface area (Å²) in [6, 6.07) is 8.17. The minimum atomic E-state index is -2.52. The molecule has 0 saturated heterocycles. The summed E-state index contributed by atoms with van der Waals surface area (Å²) < 4.78 is 11.0. The van der Waals surface area contributed by atoms with E-state index in [1.807, 2.05) is 18.3 Å². The van der Waals surface area contributed by atoms with Crippen molar-refractivity contribution in [2.45, 2.75) is 92.1 Å². The fraction of sp³-hybridized carbons (Fsp3) is 0.593. The Balaban J connectivity index is 1.72. The molecule has 4 nitrogen and oxygen atoms in total. The first kappa shape index (κ1) is 25.2.